The monoisotopic (exact) mass is 305 g/mol. The molecule has 0 heterocycles. The first-order valence-corrected chi connectivity index (χ1v) is 8.32. The lowest BCUT2D eigenvalue weighted by Gasteiger charge is -2.22. The van der Waals surface area contributed by atoms with Crippen molar-refractivity contribution in [3.63, 3.8) is 0 Å². The summed E-state index contributed by atoms with van der Waals surface area (Å²) in [5.41, 5.74) is 0.397. The van der Waals surface area contributed by atoms with Gasteiger partial charge < -0.3 is 10.1 Å². The van der Waals surface area contributed by atoms with Gasteiger partial charge in [0, 0.05) is 12.3 Å². The fourth-order valence-corrected chi connectivity index (χ4v) is 3.98. The topological polar surface area (TPSA) is 55.4 Å². The summed E-state index contributed by atoms with van der Waals surface area (Å²) in [6, 6.07) is 6.04. The van der Waals surface area contributed by atoms with Crippen molar-refractivity contribution in [2.75, 3.05) is 11.6 Å². The summed E-state index contributed by atoms with van der Waals surface area (Å²) in [5.74, 6) is 0.0293. The first kappa shape index (κ1) is 15.0. The zero-order valence-corrected chi connectivity index (χ0v) is 11.9. The number of hydrogen-bond acceptors (Lipinski definition) is 4. The molecule has 0 aromatic heterocycles. The molecule has 1 aliphatic carbocycles. The van der Waals surface area contributed by atoms with E-state index in [9.17, 15) is 17.2 Å². The maximum absolute atomic E-state index is 12.3. The molecule has 7 heteroatoms. The minimum absolute atomic E-state index is 0.0293. The second-order valence-electron chi connectivity index (χ2n) is 4.92. The van der Waals surface area contributed by atoms with Crippen LogP contribution in [-0.4, -0.2) is 32.6 Å². The molecule has 4 nitrogen and oxygen atoms in total. The second kappa shape index (κ2) is 5.95. The fraction of sp³-hybridized carbons (Fsp3) is 0.538. The van der Waals surface area contributed by atoms with Gasteiger partial charge in [0.15, 0.2) is 9.84 Å². The van der Waals surface area contributed by atoms with E-state index in [2.05, 4.69) is 10.1 Å². The van der Waals surface area contributed by atoms with Gasteiger partial charge in [0.1, 0.15) is 5.75 Å². The van der Waals surface area contributed by atoms with Crippen molar-refractivity contribution in [2.24, 2.45) is 0 Å². The summed E-state index contributed by atoms with van der Waals surface area (Å²) in [6.07, 6.45) is 3.29. The molecule has 1 saturated carbocycles. The quantitative estimate of drug-likeness (QED) is 0.908. The number of anilines is 1. The second-order valence-corrected chi connectivity index (χ2v) is 7.19. The number of alkyl halides is 2. The molecular formula is C13H17F2NO3S. The number of benzene rings is 1. The summed E-state index contributed by atoms with van der Waals surface area (Å²) in [4.78, 5) is 0. The summed E-state index contributed by atoms with van der Waals surface area (Å²) in [6.45, 7) is -2.91. The molecule has 0 spiro atoms. The Morgan fingerprint density at radius 1 is 1.30 bits per heavy atom. The molecule has 2 atom stereocenters. The minimum Gasteiger partial charge on any atom is -0.433 e. The largest absolute Gasteiger partial charge is 0.433 e. The van der Waals surface area contributed by atoms with Crippen LogP contribution in [0.1, 0.15) is 19.3 Å². The van der Waals surface area contributed by atoms with E-state index in [1.807, 2.05) is 0 Å². The van der Waals surface area contributed by atoms with Crippen molar-refractivity contribution < 1.29 is 21.9 Å². The Kier molecular flexibility index (Phi) is 4.47. The van der Waals surface area contributed by atoms with Gasteiger partial charge in [-0.15, -0.1) is 0 Å². The number of rotatable bonds is 5. The van der Waals surface area contributed by atoms with Crippen LogP contribution in [0.15, 0.2) is 24.3 Å². The number of ether oxygens (including phenoxy) is 1. The van der Waals surface area contributed by atoms with Crippen LogP contribution in [-0.2, 0) is 9.84 Å². The third-order valence-electron chi connectivity index (χ3n) is 3.45. The van der Waals surface area contributed by atoms with Crippen molar-refractivity contribution in [1.82, 2.24) is 0 Å². The van der Waals surface area contributed by atoms with Gasteiger partial charge in [0.25, 0.3) is 0 Å². The normalized spacial score (nSPS) is 23.0. The van der Waals surface area contributed by atoms with E-state index in [-0.39, 0.29) is 11.8 Å². The van der Waals surface area contributed by atoms with Gasteiger partial charge >= 0.3 is 6.61 Å². The molecule has 2 rings (SSSR count). The van der Waals surface area contributed by atoms with Crippen molar-refractivity contribution in [3.8, 4) is 5.75 Å². The standard InChI is InChI=1S/C13H17F2NO3S/c1-20(17,18)12-8-4-6-10(12)16-9-5-2-3-7-11(9)19-13(14)15/h2-3,5,7,10,12-13,16H,4,6,8H2,1H3. The smallest absolute Gasteiger partial charge is 0.387 e. The van der Waals surface area contributed by atoms with Gasteiger partial charge in [-0.3, -0.25) is 0 Å². The Morgan fingerprint density at radius 2 is 2.00 bits per heavy atom. The van der Waals surface area contributed by atoms with E-state index < -0.39 is 21.7 Å². The first-order chi connectivity index (χ1) is 9.38. The van der Waals surface area contributed by atoms with Crippen LogP contribution < -0.4 is 10.1 Å². The highest BCUT2D eigenvalue weighted by atomic mass is 32.2. The van der Waals surface area contributed by atoms with Crippen molar-refractivity contribution in [2.45, 2.75) is 37.2 Å². The van der Waals surface area contributed by atoms with Crippen LogP contribution in [0.25, 0.3) is 0 Å². The number of para-hydroxylation sites is 2. The Bertz CT molecular complexity index is 562. The summed E-state index contributed by atoms with van der Waals surface area (Å²) in [7, 11) is -3.16. The minimum atomic E-state index is -3.16. The number of nitrogens with one attached hydrogen (secondary N) is 1. The van der Waals surface area contributed by atoms with Gasteiger partial charge in [-0.1, -0.05) is 12.1 Å². The van der Waals surface area contributed by atoms with E-state index in [0.717, 1.165) is 6.42 Å². The molecule has 112 valence electrons. The molecule has 2 unspecified atom stereocenters. The van der Waals surface area contributed by atoms with Crippen LogP contribution in [0, 0.1) is 0 Å². The van der Waals surface area contributed by atoms with Gasteiger partial charge in [-0.05, 0) is 31.4 Å². The van der Waals surface area contributed by atoms with Gasteiger partial charge in [0.2, 0.25) is 0 Å². The molecule has 20 heavy (non-hydrogen) atoms. The van der Waals surface area contributed by atoms with E-state index in [1.54, 1.807) is 18.2 Å². The third kappa shape index (κ3) is 3.59. The predicted octanol–water partition coefficient (Wildman–Crippen LogP) is 2.67. The molecule has 0 amide bonds. The van der Waals surface area contributed by atoms with Crippen LogP contribution in [0.3, 0.4) is 0 Å². The zero-order chi connectivity index (χ0) is 14.8. The van der Waals surface area contributed by atoms with E-state index in [4.69, 9.17) is 0 Å². The highest BCUT2D eigenvalue weighted by Gasteiger charge is 2.35. The number of sulfone groups is 1. The maximum atomic E-state index is 12.3. The molecule has 0 saturated heterocycles. The Balaban J connectivity index is 2.17. The van der Waals surface area contributed by atoms with Crippen molar-refractivity contribution >= 4 is 15.5 Å². The van der Waals surface area contributed by atoms with Crippen LogP contribution in [0.2, 0.25) is 0 Å². The van der Waals surface area contributed by atoms with Crippen LogP contribution in [0.5, 0.6) is 5.75 Å². The lowest BCUT2D eigenvalue weighted by molar-refractivity contribution is -0.0493. The molecule has 0 radical (unpaired) electrons. The SMILES string of the molecule is CS(=O)(=O)C1CCCC1Nc1ccccc1OC(F)F. The molecular weight excluding hydrogens is 288 g/mol. The lowest BCUT2D eigenvalue weighted by atomic mass is 10.2. The molecule has 1 aliphatic rings. The third-order valence-corrected chi connectivity index (χ3v) is 5.11. The average Bonchev–Trinajstić information content (AvgIpc) is 2.79. The Morgan fingerprint density at radius 3 is 2.65 bits per heavy atom. The molecule has 0 bridgehead atoms. The van der Waals surface area contributed by atoms with E-state index >= 15 is 0 Å². The highest BCUT2D eigenvalue weighted by Crippen LogP contribution is 2.32. The summed E-state index contributed by atoms with van der Waals surface area (Å²) in [5, 5.41) is 2.55. The maximum Gasteiger partial charge on any atom is 0.387 e. The number of halogens is 2. The Labute approximate surface area is 117 Å². The average molecular weight is 305 g/mol. The number of hydrogen-bond donors (Lipinski definition) is 1. The molecule has 1 aromatic rings. The summed E-state index contributed by atoms with van der Waals surface area (Å²) >= 11 is 0. The van der Waals surface area contributed by atoms with Crippen LogP contribution >= 0.6 is 0 Å². The predicted molar refractivity (Wildman–Crippen MR) is 73.0 cm³/mol. The zero-order valence-electron chi connectivity index (χ0n) is 11.1. The van der Waals surface area contributed by atoms with Gasteiger partial charge in [-0.25, -0.2) is 8.42 Å². The Hall–Kier alpha value is -1.37. The lowest BCUT2D eigenvalue weighted by Crippen LogP contribution is -2.34. The van der Waals surface area contributed by atoms with Crippen molar-refractivity contribution in [1.29, 1.82) is 0 Å². The first-order valence-electron chi connectivity index (χ1n) is 6.37. The van der Waals surface area contributed by atoms with E-state index in [1.165, 1.54) is 12.3 Å². The molecule has 1 aromatic carbocycles. The molecule has 0 aliphatic heterocycles. The summed E-state index contributed by atoms with van der Waals surface area (Å²) < 4.78 is 52.5. The highest BCUT2D eigenvalue weighted by molar-refractivity contribution is 7.91. The van der Waals surface area contributed by atoms with Crippen molar-refractivity contribution in [3.05, 3.63) is 24.3 Å². The van der Waals surface area contributed by atoms with Gasteiger partial charge in [-0.2, -0.15) is 8.78 Å². The molecule has 1 N–H and O–H groups in total. The van der Waals surface area contributed by atoms with Crippen LogP contribution in [0.4, 0.5) is 14.5 Å². The molecule has 1 fully saturated rings. The fourth-order valence-electron chi connectivity index (χ4n) is 2.59. The van der Waals surface area contributed by atoms with E-state index in [0.29, 0.717) is 18.5 Å². The van der Waals surface area contributed by atoms with Gasteiger partial charge in [0.05, 0.1) is 10.9 Å².